The number of hydrogen-bond acceptors (Lipinski definition) is 5. The Morgan fingerprint density at radius 1 is 1.27 bits per heavy atom. The Hall–Kier alpha value is -2.48. The molecular weight excluding hydrogens is 350 g/mol. The predicted molar refractivity (Wildman–Crippen MR) is 99.9 cm³/mol. The number of likely N-dealkylation sites (N-methyl/N-ethyl adjacent to an activating group) is 1. The number of aromatic nitrogens is 2. The minimum Gasteiger partial charge on any atom is -0.344 e. The molecular formula is C18H23N5O2S. The summed E-state index contributed by atoms with van der Waals surface area (Å²) in [5.74, 6) is 0.489. The SMILES string of the molecule is CN(CCc1ccccn1)C(=O)CNC(=O)NCc1csc(C2CC2)n1. The van der Waals surface area contributed by atoms with Gasteiger partial charge >= 0.3 is 6.03 Å². The molecule has 2 aromatic heterocycles. The van der Waals surface area contributed by atoms with Crippen LogP contribution in [0.2, 0.25) is 0 Å². The van der Waals surface area contributed by atoms with Crippen LogP contribution in [-0.4, -0.2) is 46.9 Å². The Kier molecular flexibility index (Phi) is 6.17. The number of thiazole rings is 1. The minimum atomic E-state index is -0.363. The van der Waals surface area contributed by atoms with Crippen LogP contribution in [0.5, 0.6) is 0 Å². The third-order valence-electron chi connectivity index (χ3n) is 4.18. The molecule has 3 rings (SSSR count). The summed E-state index contributed by atoms with van der Waals surface area (Å²) in [6, 6.07) is 5.35. The van der Waals surface area contributed by atoms with Gasteiger partial charge in [-0.15, -0.1) is 11.3 Å². The molecule has 2 aromatic rings. The van der Waals surface area contributed by atoms with Gasteiger partial charge in [0.05, 0.1) is 23.8 Å². The van der Waals surface area contributed by atoms with E-state index in [1.807, 2.05) is 23.6 Å². The number of nitrogens with zero attached hydrogens (tertiary/aromatic N) is 3. The summed E-state index contributed by atoms with van der Waals surface area (Å²) in [5, 5.41) is 8.47. The van der Waals surface area contributed by atoms with E-state index in [0.29, 0.717) is 25.4 Å². The van der Waals surface area contributed by atoms with Gasteiger partial charge in [-0.1, -0.05) is 6.07 Å². The highest BCUT2D eigenvalue weighted by Crippen LogP contribution is 2.41. The summed E-state index contributed by atoms with van der Waals surface area (Å²) in [6.45, 7) is 0.898. The van der Waals surface area contributed by atoms with Crippen molar-refractivity contribution in [2.75, 3.05) is 20.1 Å². The highest BCUT2D eigenvalue weighted by Gasteiger charge is 2.26. The van der Waals surface area contributed by atoms with Crippen molar-refractivity contribution in [1.29, 1.82) is 0 Å². The molecule has 2 heterocycles. The third-order valence-corrected chi connectivity index (χ3v) is 5.24. The van der Waals surface area contributed by atoms with Crippen molar-refractivity contribution >= 4 is 23.3 Å². The molecule has 0 spiro atoms. The van der Waals surface area contributed by atoms with Gasteiger partial charge in [0.2, 0.25) is 5.91 Å². The summed E-state index contributed by atoms with van der Waals surface area (Å²) in [4.78, 5) is 34.3. The Labute approximate surface area is 156 Å². The van der Waals surface area contributed by atoms with Gasteiger partial charge in [-0.3, -0.25) is 9.78 Å². The zero-order chi connectivity index (χ0) is 18.4. The maximum atomic E-state index is 12.1. The van der Waals surface area contributed by atoms with Crippen LogP contribution >= 0.6 is 11.3 Å². The number of nitrogens with one attached hydrogen (secondary N) is 2. The van der Waals surface area contributed by atoms with E-state index in [2.05, 4.69) is 20.6 Å². The van der Waals surface area contributed by atoms with E-state index < -0.39 is 0 Å². The third kappa shape index (κ3) is 5.52. The summed E-state index contributed by atoms with van der Waals surface area (Å²) in [5.41, 5.74) is 1.80. The van der Waals surface area contributed by atoms with E-state index >= 15 is 0 Å². The summed E-state index contributed by atoms with van der Waals surface area (Å²) >= 11 is 1.65. The molecule has 3 amide bonds. The molecule has 0 saturated heterocycles. The van der Waals surface area contributed by atoms with Crippen molar-refractivity contribution in [1.82, 2.24) is 25.5 Å². The lowest BCUT2D eigenvalue weighted by Crippen LogP contribution is -2.42. The molecule has 26 heavy (non-hydrogen) atoms. The van der Waals surface area contributed by atoms with E-state index in [9.17, 15) is 9.59 Å². The first kappa shape index (κ1) is 18.3. The summed E-state index contributed by atoms with van der Waals surface area (Å²) in [7, 11) is 1.72. The largest absolute Gasteiger partial charge is 0.344 e. The topological polar surface area (TPSA) is 87.2 Å². The van der Waals surface area contributed by atoms with Gasteiger partial charge < -0.3 is 15.5 Å². The Balaban J connectivity index is 1.32. The second kappa shape index (κ2) is 8.75. The molecule has 138 valence electrons. The van der Waals surface area contributed by atoms with E-state index in [1.54, 1.807) is 29.5 Å². The number of carbonyl (C=O) groups is 2. The predicted octanol–water partition coefficient (Wildman–Crippen LogP) is 1.92. The lowest BCUT2D eigenvalue weighted by molar-refractivity contribution is -0.128. The first-order chi connectivity index (χ1) is 12.6. The molecule has 0 aromatic carbocycles. The second-order valence-electron chi connectivity index (χ2n) is 6.37. The molecule has 8 heteroatoms. The maximum absolute atomic E-state index is 12.1. The molecule has 0 unspecified atom stereocenters. The van der Waals surface area contributed by atoms with Crippen LogP contribution < -0.4 is 10.6 Å². The number of carbonyl (C=O) groups excluding carboxylic acids is 2. The van der Waals surface area contributed by atoms with Gasteiger partial charge in [-0.05, 0) is 25.0 Å². The smallest absolute Gasteiger partial charge is 0.315 e. The molecule has 0 aliphatic heterocycles. The number of pyridine rings is 1. The van der Waals surface area contributed by atoms with Crippen LogP contribution in [0.4, 0.5) is 4.79 Å². The standard InChI is InChI=1S/C18H23N5O2S/c1-23(9-7-14-4-2-3-8-19-14)16(24)11-21-18(25)20-10-15-12-26-17(22-15)13-5-6-13/h2-4,8,12-13H,5-7,9-11H2,1H3,(H2,20,21,25). The van der Waals surface area contributed by atoms with Crippen molar-refractivity contribution in [2.45, 2.75) is 31.7 Å². The van der Waals surface area contributed by atoms with Crippen LogP contribution in [0.25, 0.3) is 0 Å². The number of rotatable bonds is 8. The monoisotopic (exact) mass is 373 g/mol. The zero-order valence-electron chi connectivity index (χ0n) is 14.8. The molecule has 0 atom stereocenters. The average molecular weight is 373 g/mol. The van der Waals surface area contributed by atoms with Crippen LogP contribution in [0, 0.1) is 0 Å². The van der Waals surface area contributed by atoms with Gasteiger partial charge in [-0.25, -0.2) is 9.78 Å². The molecule has 1 saturated carbocycles. The molecule has 1 aliphatic carbocycles. The van der Waals surface area contributed by atoms with Crippen molar-refractivity contribution in [3.8, 4) is 0 Å². The molecule has 1 aliphatic rings. The Bertz CT molecular complexity index is 745. The highest BCUT2D eigenvalue weighted by atomic mass is 32.1. The minimum absolute atomic E-state index is 0.0328. The van der Waals surface area contributed by atoms with E-state index in [1.165, 1.54) is 12.8 Å². The van der Waals surface area contributed by atoms with Crippen LogP contribution in [0.3, 0.4) is 0 Å². The van der Waals surface area contributed by atoms with Crippen molar-refractivity contribution in [2.24, 2.45) is 0 Å². The van der Waals surface area contributed by atoms with Gasteiger partial charge in [0.1, 0.15) is 0 Å². The van der Waals surface area contributed by atoms with Crippen LogP contribution in [-0.2, 0) is 17.8 Å². The molecule has 1 fully saturated rings. The van der Waals surface area contributed by atoms with Crippen molar-refractivity contribution < 1.29 is 9.59 Å². The summed E-state index contributed by atoms with van der Waals surface area (Å²) in [6.07, 6.45) is 4.86. The lowest BCUT2D eigenvalue weighted by atomic mass is 10.2. The van der Waals surface area contributed by atoms with Crippen LogP contribution in [0.15, 0.2) is 29.8 Å². The van der Waals surface area contributed by atoms with Crippen molar-refractivity contribution in [3.05, 3.63) is 46.2 Å². The molecule has 0 bridgehead atoms. The van der Waals surface area contributed by atoms with Gasteiger partial charge in [0.25, 0.3) is 0 Å². The first-order valence-corrected chi connectivity index (χ1v) is 9.59. The Morgan fingerprint density at radius 2 is 2.12 bits per heavy atom. The number of urea groups is 1. The lowest BCUT2D eigenvalue weighted by Gasteiger charge is -2.17. The first-order valence-electron chi connectivity index (χ1n) is 8.71. The molecule has 0 radical (unpaired) electrons. The average Bonchev–Trinajstić information content (AvgIpc) is 3.41. The number of hydrogen-bond donors (Lipinski definition) is 2. The molecule has 2 N–H and O–H groups in total. The zero-order valence-corrected chi connectivity index (χ0v) is 15.6. The van der Waals surface area contributed by atoms with Crippen LogP contribution in [0.1, 0.15) is 35.2 Å². The van der Waals surface area contributed by atoms with E-state index in [4.69, 9.17) is 0 Å². The molecule has 7 nitrogen and oxygen atoms in total. The van der Waals surface area contributed by atoms with Crippen molar-refractivity contribution in [3.63, 3.8) is 0 Å². The summed E-state index contributed by atoms with van der Waals surface area (Å²) < 4.78 is 0. The van der Waals surface area contributed by atoms with E-state index in [0.717, 1.165) is 16.4 Å². The van der Waals surface area contributed by atoms with E-state index in [-0.39, 0.29) is 18.5 Å². The second-order valence-corrected chi connectivity index (χ2v) is 7.26. The fraction of sp³-hybridized carbons (Fsp3) is 0.444. The number of amides is 3. The quantitative estimate of drug-likeness (QED) is 0.740. The van der Waals surface area contributed by atoms with Gasteiger partial charge in [-0.2, -0.15) is 0 Å². The maximum Gasteiger partial charge on any atom is 0.315 e. The fourth-order valence-corrected chi connectivity index (χ4v) is 3.39. The van der Waals surface area contributed by atoms with Gasteiger partial charge in [0, 0.05) is 43.2 Å². The Morgan fingerprint density at radius 3 is 2.85 bits per heavy atom. The highest BCUT2D eigenvalue weighted by molar-refractivity contribution is 7.09. The normalized spacial score (nSPS) is 13.3. The van der Waals surface area contributed by atoms with Gasteiger partial charge in [0.15, 0.2) is 0 Å². The fourth-order valence-electron chi connectivity index (χ4n) is 2.40.